The monoisotopic (exact) mass is 638 g/mol. The first-order valence-corrected chi connectivity index (χ1v) is 12.5. The zero-order valence-corrected chi connectivity index (χ0v) is 22.2. The van der Waals surface area contributed by atoms with Crippen LogP contribution in [0.15, 0.2) is 54.6 Å². The lowest BCUT2D eigenvalue weighted by atomic mass is 10.0. The Labute approximate surface area is 241 Å². The van der Waals surface area contributed by atoms with E-state index >= 15 is 0 Å². The normalized spacial score (nSPS) is 12.0. The molecule has 4 aromatic rings. The summed E-state index contributed by atoms with van der Waals surface area (Å²) in [5, 5.41) is 0. The van der Waals surface area contributed by atoms with Gasteiger partial charge in [0.25, 0.3) is 0 Å². The van der Waals surface area contributed by atoms with Crippen molar-refractivity contribution < 1.29 is 62.2 Å². The van der Waals surface area contributed by atoms with Gasteiger partial charge in [-0.15, -0.1) is 0 Å². The van der Waals surface area contributed by atoms with E-state index in [1.165, 1.54) is 0 Å². The van der Waals surface area contributed by atoms with Crippen LogP contribution < -0.4 is 9.47 Å². The molecule has 0 heterocycles. The molecule has 0 saturated carbocycles. The van der Waals surface area contributed by atoms with Crippen molar-refractivity contribution in [3.63, 3.8) is 0 Å². The molecule has 44 heavy (non-hydrogen) atoms. The highest BCUT2D eigenvalue weighted by Crippen LogP contribution is 2.38. The second-order valence-electron chi connectivity index (χ2n) is 9.43. The lowest BCUT2D eigenvalue weighted by Gasteiger charge is -2.19. The molecule has 0 spiro atoms. The Morgan fingerprint density at radius 1 is 0.591 bits per heavy atom. The summed E-state index contributed by atoms with van der Waals surface area (Å²) in [6, 6.07) is 5.01. The molecule has 0 bridgehead atoms. The fraction of sp³-hybridized carbons (Fsp3) is 0.200. The second kappa shape index (κ2) is 12.3. The van der Waals surface area contributed by atoms with Crippen LogP contribution in [0.1, 0.15) is 24.5 Å². The van der Waals surface area contributed by atoms with Gasteiger partial charge in [0.1, 0.15) is 46.2 Å². The predicted molar refractivity (Wildman–Crippen MR) is 134 cm³/mol. The molecule has 0 aromatic heterocycles. The van der Waals surface area contributed by atoms with Crippen molar-refractivity contribution >= 4 is 0 Å². The molecule has 0 aliphatic rings. The molecular formula is C30H18F12O2. The highest BCUT2D eigenvalue weighted by atomic mass is 19.4. The van der Waals surface area contributed by atoms with Crippen LogP contribution in [-0.4, -0.2) is 12.7 Å². The van der Waals surface area contributed by atoms with Gasteiger partial charge >= 0.3 is 12.3 Å². The Kier molecular flexibility index (Phi) is 9.12. The Morgan fingerprint density at radius 3 is 1.59 bits per heavy atom. The molecule has 0 aliphatic heterocycles. The molecular weight excluding hydrogens is 620 g/mol. The quantitative estimate of drug-likeness (QED) is 0.170. The first kappa shape index (κ1) is 32.6. The van der Waals surface area contributed by atoms with Crippen LogP contribution in [0.25, 0.3) is 22.3 Å². The fourth-order valence-electron chi connectivity index (χ4n) is 4.34. The molecule has 4 aromatic carbocycles. The molecule has 0 fully saturated rings. The Bertz CT molecular complexity index is 1630. The van der Waals surface area contributed by atoms with Gasteiger partial charge in [0.05, 0.1) is 11.1 Å². The van der Waals surface area contributed by atoms with E-state index in [0.29, 0.717) is 24.5 Å². The van der Waals surface area contributed by atoms with Crippen LogP contribution >= 0.6 is 0 Å². The lowest BCUT2D eigenvalue weighted by Crippen LogP contribution is -2.32. The maximum atomic E-state index is 14.6. The molecule has 14 heteroatoms. The molecule has 0 saturated heterocycles. The van der Waals surface area contributed by atoms with E-state index in [9.17, 15) is 52.7 Å². The van der Waals surface area contributed by atoms with Crippen molar-refractivity contribution in [1.29, 1.82) is 0 Å². The number of halogens is 12. The number of hydrogen-bond acceptors (Lipinski definition) is 2. The number of aryl methyl sites for hydroxylation is 1. The summed E-state index contributed by atoms with van der Waals surface area (Å²) >= 11 is 0. The van der Waals surface area contributed by atoms with E-state index in [1.54, 1.807) is 6.92 Å². The van der Waals surface area contributed by atoms with Crippen molar-refractivity contribution in [2.45, 2.75) is 32.1 Å². The summed E-state index contributed by atoms with van der Waals surface area (Å²) in [4.78, 5) is 0. The zero-order chi connectivity index (χ0) is 32.6. The van der Waals surface area contributed by atoms with E-state index in [4.69, 9.17) is 4.74 Å². The lowest BCUT2D eigenvalue weighted by molar-refractivity contribution is -0.195. The number of rotatable bonds is 9. The Hall–Kier alpha value is -4.36. The number of alkyl halides is 5. The van der Waals surface area contributed by atoms with Crippen LogP contribution in [0.3, 0.4) is 0 Å². The highest BCUT2D eigenvalue weighted by Gasteiger charge is 2.38. The first-order valence-electron chi connectivity index (χ1n) is 12.5. The SMILES string of the molecule is CCCc1cc(F)c(-c2ccc(OCC(F)(F)Oc3cc(F)c(-c4cc(F)c(C(F)(F)F)c(F)c4)c(F)c3)c(F)c2)c(F)c1. The molecule has 2 nitrogen and oxygen atoms in total. The molecule has 234 valence electrons. The van der Waals surface area contributed by atoms with E-state index in [0.717, 1.165) is 24.3 Å². The smallest absolute Gasteiger partial charge is 0.433 e. The number of hydrogen-bond donors (Lipinski definition) is 0. The highest BCUT2D eigenvalue weighted by molar-refractivity contribution is 5.67. The minimum Gasteiger partial charge on any atom is -0.480 e. The van der Waals surface area contributed by atoms with Gasteiger partial charge in [0.15, 0.2) is 18.2 Å². The van der Waals surface area contributed by atoms with Gasteiger partial charge in [-0.1, -0.05) is 19.4 Å². The maximum absolute atomic E-state index is 14.6. The fourth-order valence-corrected chi connectivity index (χ4v) is 4.34. The summed E-state index contributed by atoms with van der Waals surface area (Å²) in [6.45, 7) is 0.0794. The van der Waals surface area contributed by atoms with Gasteiger partial charge < -0.3 is 9.47 Å². The van der Waals surface area contributed by atoms with Crippen LogP contribution in [0.5, 0.6) is 11.5 Å². The zero-order valence-electron chi connectivity index (χ0n) is 22.2. The Balaban J connectivity index is 1.50. The third-order valence-electron chi connectivity index (χ3n) is 6.15. The van der Waals surface area contributed by atoms with Crippen LogP contribution in [0, 0.1) is 40.7 Å². The summed E-state index contributed by atoms with van der Waals surface area (Å²) in [5.41, 5.74) is -4.97. The number of benzene rings is 4. The summed E-state index contributed by atoms with van der Waals surface area (Å²) in [6.07, 6.45) is -8.80. The van der Waals surface area contributed by atoms with Gasteiger partial charge in [-0.25, -0.2) is 30.7 Å². The van der Waals surface area contributed by atoms with Crippen molar-refractivity contribution in [3.05, 3.63) is 106 Å². The average Bonchev–Trinajstić information content (AvgIpc) is 2.86. The van der Waals surface area contributed by atoms with Gasteiger partial charge in [0.2, 0.25) is 0 Å². The standard InChI is InChI=1S/C30H18F12O2/c1-2-3-14-6-19(32)26(20(33)7-14)15-4-5-25(18(31)8-15)43-13-29(38,39)44-17-11-21(34)27(22(35)12-17)16-9-23(36)28(24(37)10-16)30(40,41)42/h4-12H,2-3,13H2,1H3. The van der Waals surface area contributed by atoms with E-state index in [1.807, 2.05) is 0 Å². The minimum atomic E-state index is -5.45. The first-order chi connectivity index (χ1) is 20.5. The minimum absolute atomic E-state index is 0.0143. The Morgan fingerprint density at radius 2 is 1.09 bits per heavy atom. The topological polar surface area (TPSA) is 18.5 Å². The predicted octanol–water partition coefficient (Wildman–Crippen LogP) is 10.0. The van der Waals surface area contributed by atoms with Gasteiger partial charge in [-0.2, -0.15) is 22.0 Å². The van der Waals surface area contributed by atoms with E-state index in [-0.39, 0.29) is 29.8 Å². The van der Waals surface area contributed by atoms with Crippen molar-refractivity contribution in [3.8, 4) is 33.8 Å². The van der Waals surface area contributed by atoms with Gasteiger partial charge in [-0.3, -0.25) is 0 Å². The summed E-state index contributed by atoms with van der Waals surface area (Å²) < 4.78 is 177. The van der Waals surface area contributed by atoms with Crippen molar-refractivity contribution in [2.75, 3.05) is 6.61 Å². The summed E-state index contributed by atoms with van der Waals surface area (Å²) in [7, 11) is 0. The van der Waals surface area contributed by atoms with E-state index < -0.39 is 93.4 Å². The third-order valence-corrected chi connectivity index (χ3v) is 6.15. The van der Waals surface area contributed by atoms with Crippen molar-refractivity contribution in [1.82, 2.24) is 0 Å². The molecule has 0 unspecified atom stereocenters. The number of ether oxygens (including phenoxy) is 2. The molecule has 0 N–H and O–H groups in total. The largest absolute Gasteiger partial charge is 0.480 e. The van der Waals surface area contributed by atoms with Gasteiger partial charge in [0, 0.05) is 12.1 Å². The van der Waals surface area contributed by atoms with E-state index in [2.05, 4.69) is 4.74 Å². The summed E-state index contributed by atoms with van der Waals surface area (Å²) in [5.74, 6) is -13.0. The molecule has 0 radical (unpaired) electrons. The molecule has 4 rings (SSSR count). The molecule has 0 atom stereocenters. The maximum Gasteiger partial charge on any atom is 0.433 e. The third kappa shape index (κ3) is 7.05. The van der Waals surface area contributed by atoms with Crippen LogP contribution in [0.2, 0.25) is 0 Å². The van der Waals surface area contributed by atoms with Gasteiger partial charge in [-0.05, 0) is 59.5 Å². The van der Waals surface area contributed by atoms with Crippen LogP contribution in [-0.2, 0) is 12.6 Å². The molecule has 0 aliphatic carbocycles. The second-order valence-corrected chi connectivity index (χ2v) is 9.43. The molecule has 0 amide bonds. The average molecular weight is 638 g/mol. The van der Waals surface area contributed by atoms with Crippen LogP contribution in [0.4, 0.5) is 52.7 Å². The van der Waals surface area contributed by atoms with Crippen molar-refractivity contribution in [2.24, 2.45) is 0 Å².